The number of aromatic nitrogens is 2. The van der Waals surface area contributed by atoms with Gasteiger partial charge in [-0.15, -0.1) is 0 Å². The van der Waals surface area contributed by atoms with Gasteiger partial charge in [0.05, 0.1) is 11.9 Å². The number of sulfonamides is 1. The van der Waals surface area contributed by atoms with Gasteiger partial charge in [0, 0.05) is 12.4 Å². The summed E-state index contributed by atoms with van der Waals surface area (Å²) in [6, 6.07) is 2.73. The molecule has 6 nitrogen and oxygen atoms in total. The minimum Gasteiger partial charge on any atom is -0.326 e. The van der Waals surface area contributed by atoms with Crippen LogP contribution in [0, 0.1) is 6.92 Å². The van der Waals surface area contributed by atoms with E-state index in [1.54, 1.807) is 19.2 Å². The first-order valence-electron chi connectivity index (χ1n) is 5.21. The van der Waals surface area contributed by atoms with E-state index < -0.39 is 15.6 Å². The molecule has 0 bridgehead atoms. The second-order valence-electron chi connectivity index (χ2n) is 3.87. The largest absolute Gasteiger partial charge is 0.326 e. The summed E-state index contributed by atoms with van der Waals surface area (Å²) >= 11 is 5.60. The lowest BCUT2D eigenvalue weighted by atomic mass is 10.3. The zero-order chi connectivity index (χ0) is 14.0. The SMILES string of the molecule is Cc1cncc(NS(=O)(=O)c2c[nH]c(=O)c(Cl)c2)c1. The van der Waals surface area contributed by atoms with Crippen LogP contribution in [0.15, 0.2) is 40.4 Å². The molecule has 0 amide bonds. The van der Waals surface area contributed by atoms with Crippen molar-refractivity contribution in [2.24, 2.45) is 0 Å². The summed E-state index contributed by atoms with van der Waals surface area (Å²) in [5.74, 6) is 0. The molecule has 0 aromatic carbocycles. The standard InChI is InChI=1S/C11H10ClN3O3S/c1-7-2-8(5-13-4-7)15-19(17,18)9-3-10(12)11(16)14-6-9/h2-6,15H,1H3,(H,14,16). The quantitative estimate of drug-likeness (QED) is 0.899. The van der Waals surface area contributed by atoms with Crippen LogP contribution in [0.1, 0.15) is 5.56 Å². The van der Waals surface area contributed by atoms with Gasteiger partial charge in [0.2, 0.25) is 0 Å². The number of anilines is 1. The molecule has 0 aliphatic rings. The summed E-state index contributed by atoms with van der Waals surface area (Å²) in [6.07, 6.45) is 4.08. The first-order valence-corrected chi connectivity index (χ1v) is 7.07. The Bertz CT molecular complexity index is 771. The molecular weight excluding hydrogens is 290 g/mol. The fourth-order valence-electron chi connectivity index (χ4n) is 1.42. The maximum absolute atomic E-state index is 12.1. The van der Waals surface area contributed by atoms with Crippen molar-refractivity contribution in [2.45, 2.75) is 11.8 Å². The van der Waals surface area contributed by atoms with Crippen LogP contribution in [0.4, 0.5) is 5.69 Å². The molecule has 8 heteroatoms. The number of hydrogen-bond acceptors (Lipinski definition) is 4. The predicted octanol–water partition coefficient (Wildman–Crippen LogP) is 1.53. The third-order valence-corrected chi connectivity index (χ3v) is 3.91. The van der Waals surface area contributed by atoms with E-state index in [9.17, 15) is 13.2 Å². The highest BCUT2D eigenvalue weighted by Gasteiger charge is 2.16. The van der Waals surface area contributed by atoms with Crippen molar-refractivity contribution in [2.75, 3.05) is 4.72 Å². The van der Waals surface area contributed by atoms with Crippen molar-refractivity contribution in [1.29, 1.82) is 0 Å². The van der Waals surface area contributed by atoms with Crippen LogP contribution in [0.2, 0.25) is 5.02 Å². The minimum atomic E-state index is -3.81. The molecule has 2 N–H and O–H groups in total. The summed E-state index contributed by atoms with van der Waals surface area (Å²) in [7, 11) is -3.81. The maximum atomic E-state index is 12.1. The molecule has 0 aliphatic heterocycles. The number of rotatable bonds is 3. The molecule has 2 rings (SSSR count). The van der Waals surface area contributed by atoms with Crippen molar-refractivity contribution in [1.82, 2.24) is 9.97 Å². The fourth-order valence-corrected chi connectivity index (χ4v) is 2.68. The third kappa shape index (κ3) is 3.12. The molecule has 0 spiro atoms. The second-order valence-corrected chi connectivity index (χ2v) is 5.96. The van der Waals surface area contributed by atoms with E-state index in [1.165, 1.54) is 6.20 Å². The number of nitrogens with one attached hydrogen (secondary N) is 2. The van der Waals surface area contributed by atoms with Gasteiger partial charge in [-0.3, -0.25) is 14.5 Å². The molecule has 100 valence electrons. The van der Waals surface area contributed by atoms with E-state index in [0.29, 0.717) is 5.69 Å². The average Bonchev–Trinajstić information content (AvgIpc) is 2.32. The van der Waals surface area contributed by atoms with Crippen LogP contribution in [-0.4, -0.2) is 18.4 Å². The molecule has 2 heterocycles. The molecule has 0 unspecified atom stereocenters. The maximum Gasteiger partial charge on any atom is 0.266 e. The molecule has 0 aliphatic carbocycles. The van der Waals surface area contributed by atoms with Gasteiger partial charge in [0.25, 0.3) is 15.6 Å². The van der Waals surface area contributed by atoms with Gasteiger partial charge in [-0.25, -0.2) is 8.42 Å². The Morgan fingerprint density at radius 1 is 1.32 bits per heavy atom. The van der Waals surface area contributed by atoms with Gasteiger partial charge >= 0.3 is 0 Å². The number of pyridine rings is 2. The molecule has 0 saturated heterocycles. The third-order valence-electron chi connectivity index (χ3n) is 2.27. The topological polar surface area (TPSA) is 91.9 Å². The highest BCUT2D eigenvalue weighted by Crippen LogP contribution is 2.16. The molecule has 2 aromatic heterocycles. The van der Waals surface area contributed by atoms with E-state index in [-0.39, 0.29) is 9.92 Å². The summed E-state index contributed by atoms with van der Waals surface area (Å²) in [4.78, 5) is 17.1. The van der Waals surface area contributed by atoms with Crippen LogP contribution >= 0.6 is 11.6 Å². The van der Waals surface area contributed by atoms with Gasteiger partial charge in [-0.2, -0.15) is 0 Å². The summed E-state index contributed by atoms with van der Waals surface area (Å²) in [5, 5.41) is -0.190. The van der Waals surface area contributed by atoms with Crippen molar-refractivity contribution < 1.29 is 8.42 Å². The second kappa shape index (κ2) is 5.02. The Kier molecular flexibility index (Phi) is 3.59. The summed E-state index contributed by atoms with van der Waals surface area (Å²) in [5.41, 5.74) is 0.611. The number of hydrogen-bond donors (Lipinski definition) is 2. The van der Waals surface area contributed by atoms with Gasteiger partial charge < -0.3 is 4.98 Å². The number of nitrogens with zero attached hydrogens (tertiary/aromatic N) is 1. The lowest BCUT2D eigenvalue weighted by Gasteiger charge is -2.08. The summed E-state index contributed by atoms with van der Waals surface area (Å²) < 4.78 is 26.5. The summed E-state index contributed by atoms with van der Waals surface area (Å²) in [6.45, 7) is 1.79. The Morgan fingerprint density at radius 3 is 2.68 bits per heavy atom. The molecular formula is C11H10ClN3O3S. The van der Waals surface area contributed by atoms with Crippen LogP contribution in [0.25, 0.3) is 0 Å². The fraction of sp³-hybridized carbons (Fsp3) is 0.0909. The Labute approximate surface area is 114 Å². The van der Waals surface area contributed by atoms with Crippen molar-refractivity contribution in [3.8, 4) is 0 Å². The minimum absolute atomic E-state index is 0.126. The van der Waals surface area contributed by atoms with Crippen molar-refractivity contribution in [3.05, 3.63) is 51.7 Å². The smallest absolute Gasteiger partial charge is 0.266 e. The Balaban J connectivity index is 2.37. The molecule has 0 fully saturated rings. The first kappa shape index (κ1) is 13.6. The first-order chi connectivity index (χ1) is 8.88. The van der Waals surface area contributed by atoms with Gasteiger partial charge in [-0.1, -0.05) is 11.6 Å². The van der Waals surface area contributed by atoms with Crippen LogP contribution < -0.4 is 10.3 Å². The molecule has 0 radical (unpaired) electrons. The number of aryl methyl sites for hydroxylation is 1. The van der Waals surface area contributed by atoms with Crippen molar-refractivity contribution >= 4 is 27.3 Å². The van der Waals surface area contributed by atoms with Gasteiger partial charge in [-0.05, 0) is 24.6 Å². The van der Waals surface area contributed by atoms with E-state index in [2.05, 4.69) is 14.7 Å². The highest BCUT2D eigenvalue weighted by molar-refractivity contribution is 7.92. The van der Waals surface area contributed by atoms with E-state index in [0.717, 1.165) is 17.8 Å². The Morgan fingerprint density at radius 2 is 2.05 bits per heavy atom. The number of aromatic amines is 1. The molecule has 0 atom stereocenters. The van der Waals surface area contributed by atoms with E-state index >= 15 is 0 Å². The van der Waals surface area contributed by atoms with Gasteiger partial charge in [0.15, 0.2) is 0 Å². The average molecular weight is 300 g/mol. The number of H-pyrrole nitrogens is 1. The van der Waals surface area contributed by atoms with E-state index in [1.807, 2.05) is 0 Å². The van der Waals surface area contributed by atoms with Crippen LogP contribution in [-0.2, 0) is 10.0 Å². The highest BCUT2D eigenvalue weighted by atomic mass is 35.5. The lowest BCUT2D eigenvalue weighted by molar-refractivity contribution is 0.600. The molecule has 19 heavy (non-hydrogen) atoms. The van der Waals surface area contributed by atoms with Crippen LogP contribution in [0.3, 0.4) is 0 Å². The van der Waals surface area contributed by atoms with Crippen LogP contribution in [0.5, 0.6) is 0 Å². The van der Waals surface area contributed by atoms with Crippen molar-refractivity contribution in [3.63, 3.8) is 0 Å². The molecule has 2 aromatic rings. The van der Waals surface area contributed by atoms with E-state index in [4.69, 9.17) is 11.6 Å². The predicted molar refractivity (Wildman–Crippen MR) is 71.9 cm³/mol. The molecule has 0 saturated carbocycles. The lowest BCUT2D eigenvalue weighted by Crippen LogP contribution is -2.16. The number of halogens is 1. The zero-order valence-corrected chi connectivity index (χ0v) is 11.4. The monoisotopic (exact) mass is 299 g/mol. The zero-order valence-electron chi connectivity index (χ0n) is 9.84. The van der Waals surface area contributed by atoms with Gasteiger partial charge in [0.1, 0.15) is 9.92 Å². The Hall–Kier alpha value is -1.86. The normalized spacial score (nSPS) is 11.3.